The van der Waals surface area contributed by atoms with Crippen molar-refractivity contribution in [1.29, 1.82) is 5.41 Å². The lowest BCUT2D eigenvalue weighted by molar-refractivity contribution is -0.0546. The summed E-state index contributed by atoms with van der Waals surface area (Å²) in [6, 6.07) is 0. The smallest absolute Gasteiger partial charge is 0.387 e. The van der Waals surface area contributed by atoms with Crippen molar-refractivity contribution in [1.82, 2.24) is 19.1 Å². The van der Waals surface area contributed by atoms with Crippen LogP contribution in [-0.4, -0.2) is 109 Å². The van der Waals surface area contributed by atoms with E-state index in [0.29, 0.717) is 0 Å². The molecule has 4 rings (SSSR count). The average molecular weight is 559 g/mol. The average Bonchev–Trinajstić information content (AvgIpc) is 3.41. The van der Waals surface area contributed by atoms with Crippen LogP contribution in [0.3, 0.4) is 0 Å². The van der Waals surface area contributed by atoms with Gasteiger partial charge in [-0.25, -0.2) is 19.1 Å². The standard InChI is InChI=1S/C15H23N5O14P2/c16-12-7-13(18-4-19(12)14-10(23)8(21)5(33-14)1-31-35(25,26)27)20(3-17-7)15-11(24)9(22)6(34-15)2-32-36(28,29)30/h3-6,8-11,14-16,21-24H,1-2H2,(H2,25,26,27)(H2,28,29,30). The molecule has 0 aliphatic carbocycles. The van der Waals surface area contributed by atoms with E-state index in [-0.39, 0.29) is 16.7 Å². The number of nitrogens with zero attached hydrogens (tertiary/aromatic N) is 4. The van der Waals surface area contributed by atoms with Crippen molar-refractivity contribution < 1.29 is 67.7 Å². The molecule has 2 aromatic rings. The molecule has 0 aromatic carbocycles. The van der Waals surface area contributed by atoms with E-state index in [1.54, 1.807) is 0 Å². The largest absolute Gasteiger partial charge is 0.469 e. The SMILES string of the molecule is N=c1c2ncn(C3OC(COP(=O)(O)O)C(O)C3O)c2ncn1C1OC(COP(=O)(O)O)C(O)C1O. The zero-order valence-corrected chi connectivity index (χ0v) is 19.7. The van der Waals surface area contributed by atoms with Gasteiger partial charge in [0.05, 0.1) is 19.5 Å². The second kappa shape index (κ2) is 9.90. The fourth-order valence-electron chi connectivity index (χ4n) is 3.86. The second-order valence-corrected chi connectivity index (χ2v) is 10.5. The first-order chi connectivity index (χ1) is 16.7. The van der Waals surface area contributed by atoms with E-state index in [0.717, 1.165) is 17.2 Å². The third kappa shape index (κ3) is 5.45. The lowest BCUT2D eigenvalue weighted by atomic mass is 10.1. The Bertz CT molecular complexity index is 1260. The molecule has 0 radical (unpaired) electrons. The molecule has 36 heavy (non-hydrogen) atoms. The summed E-state index contributed by atoms with van der Waals surface area (Å²) in [5.74, 6) is 0. The third-order valence-corrected chi connectivity index (χ3v) is 6.56. The molecule has 0 saturated carbocycles. The number of aromatic nitrogens is 4. The van der Waals surface area contributed by atoms with Gasteiger partial charge in [-0.15, -0.1) is 0 Å². The molecule has 8 unspecified atom stereocenters. The van der Waals surface area contributed by atoms with Gasteiger partial charge in [-0.3, -0.25) is 23.6 Å². The van der Waals surface area contributed by atoms with Crippen LogP contribution in [0, 0.1) is 5.41 Å². The normalized spacial score (nSPS) is 33.6. The first-order valence-electron chi connectivity index (χ1n) is 10.1. The molecule has 0 spiro atoms. The second-order valence-electron chi connectivity index (χ2n) is 7.99. The molecular weight excluding hydrogens is 536 g/mol. The minimum absolute atomic E-state index is 0.0153. The predicted molar refractivity (Wildman–Crippen MR) is 109 cm³/mol. The van der Waals surface area contributed by atoms with Gasteiger partial charge >= 0.3 is 15.6 Å². The summed E-state index contributed by atoms with van der Waals surface area (Å²) in [6.45, 7) is -1.47. The molecule has 2 fully saturated rings. The van der Waals surface area contributed by atoms with E-state index in [2.05, 4.69) is 19.0 Å². The molecule has 2 aliphatic heterocycles. The number of phosphoric ester groups is 2. The van der Waals surface area contributed by atoms with Crippen molar-refractivity contribution >= 4 is 26.8 Å². The van der Waals surface area contributed by atoms with Gasteiger partial charge in [0.1, 0.15) is 43.0 Å². The predicted octanol–water partition coefficient (Wildman–Crippen LogP) is -3.83. The summed E-state index contributed by atoms with van der Waals surface area (Å²) in [6.07, 6.45) is -9.60. The molecule has 2 aromatic heterocycles. The van der Waals surface area contributed by atoms with Crippen LogP contribution in [0.25, 0.3) is 11.2 Å². The minimum atomic E-state index is -4.87. The molecule has 0 amide bonds. The van der Waals surface area contributed by atoms with Crippen molar-refractivity contribution in [2.45, 2.75) is 49.1 Å². The Morgan fingerprint density at radius 2 is 1.25 bits per heavy atom. The van der Waals surface area contributed by atoms with Gasteiger partial charge in [-0.05, 0) is 0 Å². The molecule has 8 atom stereocenters. The van der Waals surface area contributed by atoms with Gasteiger partial charge in [0.2, 0.25) is 0 Å². The number of hydrogen-bond acceptors (Lipinski definition) is 13. The lowest BCUT2D eigenvalue weighted by Crippen LogP contribution is -2.36. The molecule has 2 saturated heterocycles. The molecule has 9 N–H and O–H groups in total. The highest BCUT2D eigenvalue weighted by atomic mass is 31.2. The first-order valence-corrected chi connectivity index (χ1v) is 13.2. The van der Waals surface area contributed by atoms with E-state index in [1.807, 2.05) is 0 Å². The third-order valence-electron chi connectivity index (χ3n) is 5.59. The van der Waals surface area contributed by atoms with Gasteiger partial charge in [-0.2, -0.15) is 0 Å². The maximum atomic E-state index is 10.9. The Hall–Kier alpha value is -1.67. The Labute approximate surface area is 200 Å². The number of rotatable bonds is 8. The van der Waals surface area contributed by atoms with Crippen LogP contribution in [0.1, 0.15) is 12.5 Å². The van der Waals surface area contributed by atoms with E-state index < -0.39 is 77.9 Å². The van der Waals surface area contributed by atoms with Gasteiger partial charge < -0.3 is 49.5 Å². The summed E-state index contributed by atoms with van der Waals surface area (Å²) in [4.78, 5) is 43.5. The maximum Gasteiger partial charge on any atom is 0.469 e. The number of phosphoric acid groups is 2. The van der Waals surface area contributed by atoms with Gasteiger partial charge in [0.25, 0.3) is 0 Å². The van der Waals surface area contributed by atoms with Crippen LogP contribution in [0.15, 0.2) is 12.7 Å². The summed E-state index contributed by atoms with van der Waals surface area (Å²) >= 11 is 0. The Morgan fingerprint density at radius 3 is 1.72 bits per heavy atom. The number of fused-ring (bicyclic) bond motifs is 1. The molecule has 202 valence electrons. The zero-order valence-electron chi connectivity index (χ0n) is 17.9. The van der Waals surface area contributed by atoms with Crippen molar-refractivity contribution in [3.05, 3.63) is 18.1 Å². The molecule has 4 heterocycles. The fraction of sp³-hybridized carbons (Fsp3) is 0.667. The zero-order chi connectivity index (χ0) is 26.6. The number of nitrogens with one attached hydrogen (secondary N) is 1. The van der Waals surface area contributed by atoms with Crippen molar-refractivity contribution in [3.63, 3.8) is 0 Å². The van der Waals surface area contributed by atoms with Gasteiger partial charge in [-0.1, -0.05) is 0 Å². The highest BCUT2D eigenvalue weighted by molar-refractivity contribution is 7.46. The molecule has 2 aliphatic rings. The number of aliphatic hydroxyl groups excluding tert-OH is 4. The maximum absolute atomic E-state index is 10.9. The monoisotopic (exact) mass is 559 g/mol. The highest BCUT2D eigenvalue weighted by Gasteiger charge is 2.46. The van der Waals surface area contributed by atoms with E-state index in [9.17, 15) is 29.6 Å². The highest BCUT2D eigenvalue weighted by Crippen LogP contribution is 2.39. The van der Waals surface area contributed by atoms with Crippen molar-refractivity contribution in [2.24, 2.45) is 0 Å². The molecule has 0 bridgehead atoms. The molecule has 19 nitrogen and oxygen atoms in total. The van der Waals surface area contributed by atoms with Gasteiger partial charge in [0.15, 0.2) is 29.1 Å². The fourth-order valence-corrected chi connectivity index (χ4v) is 4.54. The number of hydrogen-bond donors (Lipinski definition) is 9. The van der Waals surface area contributed by atoms with Gasteiger partial charge in [0, 0.05) is 0 Å². The van der Waals surface area contributed by atoms with Crippen LogP contribution in [0.5, 0.6) is 0 Å². The van der Waals surface area contributed by atoms with Crippen molar-refractivity contribution in [3.8, 4) is 0 Å². The number of ether oxygens (including phenoxy) is 2. The van der Waals surface area contributed by atoms with Crippen molar-refractivity contribution in [2.75, 3.05) is 13.2 Å². The molecular formula is C15H23N5O14P2. The van der Waals surface area contributed by atoms with E-state index in [4.69, 9.17) is 34.5 Å². The first kappa shape index (κ1) is 27.4. The quantitative estimate of drug-likeness (QED) is 0.140. The summed E-state index contributed by atoms with van der Waals surface area (Å²) in [7, 11) is -9.73. The summed E-state index contributed by atoms with van der Waals surface area (Å²) in [5, 5.41) is 49.5. The van der Waals surface area contributed by atoms with Crippen LogP contribution in [0.2, 0.25) is 0 Å². The van der Waals surface area contributed by atoms with Crippen LogP contribution in [0.4, 0.5) is 0 Å². The van der Waals surface area contributed by atoms with Crippen LogP contribution in [-0.2, 0) is 27.7 Å². The van der Waals surface area contributed by atoms with Crippen LogP contribution < -0.4 is 5.49 Å². The Morgan fingerprint density at radius 1 is 0.806 bits per heavy atom. The van der Waals surface area contributed by atoms with Crippen LogP contribution >= 0.6 is 15.6 Å². The topological polar surface area (TPSA) is 292 Å². The number of aliphatic hydroxyl groups is 4. The Balaban J connectivity index is 1.57. The number of imidazole rings is 1. The lowest BCUT2D eigenvalue weighted by Gasteiger charge is -2.19. The van der Waals surface area contributed by atoms with E-state index >= 15 is 0 Å². The summed E-state index contributed by atoms with van der Waals surface area (Å²) in [5.41, 5.74) is -0.475. The van der Waals surface area contributed by atoms with E-state index in [1.165, 1.54) is 4.57 Å². The minimum Gasteiger partial charge on any atom is -0.387 e. The summed E-state index contributed by atoms with van der Waals surface area (Å²) < 4.78 is 43.5. The Kier molecular flexibility index (Phi) is 7.52. The molecule has 21 heteroatoms.